The summed E-state index contributed by atoms with van der Waals surface area (Å²) in [6, 6.07) is 16.5. The van der Waals surface area contributed by atoms with Gasteiger partial charge < -0.3 is 14.4 Å². The average molecular weight is 432 g/mol. The van der Waals surface area contributed by atoms with Crippen molar-refractivity contribution in [3.63, 3.8) is 0 Å². The first-order chi connectivity index (χ1) is 15.5. The summed E-state index contributed by atoms with van der Waals surface area (Å²) in [5.74, 6) is -0.311. The molecule has 164 valence electrons. The summed E-state index contributed by atoms with van der Waals surface area (Å²) in [6.07, 6.45) is 3.65. The fourth-order valence-electron chi connectivity index (χ4n) is 5.09. The van der Waals surface area contributed by atoms with Crippen LogP contribution in [0.4, 0.5) is 4.39 Å². The smallest absolute Gasteiger partial charge is 0.323 e. The Labute approximate surface area is 185 Å². The number of nitrogens with zero attached hydrogens (tertiary/aromatic N) is 2. The van der Waals surface area contributed by atoms with Crippen molar-refractivity contribution in [2.45, 2.75) is 51.2 Å². The number of aromatic nitrogens is 2. The van der Waals surface area contributed by atoms with E-state index < -0.39 is 5.97 Å². The molecule has 0 saturated heterocycles. The van der Waals surface area contributed by atoms with Gasteiger partial charge in [0.05, 0.1) is 5.52 Å². The number of hydrogen-bond acceptors (Lipinski definition) is 3. The van der Waals surface area contributed by atoms with Crippen molar-refractivity contribution < 1.29 is 19.0 Å². The highest BCUT2D eigenvalue weighted by molar-refractivity contribution is 5.87. The Morgan fingerprint density at radius 2 is 1.91 bits per heavy atom. The van der Waals surface area contributed by atoms with Gasteiger partial charge in [-0.25, -0.2) is 9.37 Å². The monoisotopic (exact) mass is 432 g/mol. The van der Waals surface area contributed by atoms with E-state index in [0.29, 0.717) is 5.88 Å². The Morgan fingerprint density at radius 1 is 1.12 bits per heavy atom. The maximum atomic E-state index is 14.1. The average Bonchev–Trinajstić information content (AvgIpc) is 3.04. The first-order valence-electron chi connectivity index (χ1n) is 11.0. The van der Waals surface area contributed by atoms with Crippen LogP contribution in [0.3, 0.4) is 0 Å². The molecule has 2 aromatic heterocycles. The SMILES string of the molecule is Cc1c(C2CCC(Oc3ccc4ccccc4n3)CC2)c2cc(F)ccc2n1CC(=O)O. The van der Waals surface area contributed by atoms with Gasteiger partial charge in [-0.15, -0.1) is 0 Å². The van der Waals surface area contributed by atoms with E-state index in [1.165, 1.54) is 12.1 Å². The van der Waals surface area contributed by atoms with E-state index in [0.717, 1.165) is 58.7 Å². The molecule has 6 heteroatoms. The molecular formula is C26H25FN2O3. The Kier molecular flexibility index (Phi) is 5.29. The minimum Gasteiger partial charge on any atom is -0.480 e. The lowest BCUT2D eigenvalue weighted by Crippen LogP contribution is -2.24. The van der Waals surface area contributed by atoms with Gasteiger partial charge in [-0.2, -0.15) is 0 Å². The summed E-state index contributed by atoms with van der Waals surface area (Å²) in [5.41, 5.74) is 3.68. The Bertz CT molecular complexity index is 1310. The van der Waals surface area contributed by atoms with Gasteiger partial charge in [0.25, 0.3) is 0 Å². The molecule has 0 bridgehead atoms. The summed E-state index contributed by atoms with van der Waals surface area (Å²) >= 11 is 0. The number of fused-ring (bicyclic) bond motifs is 2. The molecule has 32 heavy (non-hydrogen) atoms. The summed E-state index contributed by atoms with van der Waals surface area (Å²) in [5, 5.41) is 11.3. The number of benzene rings is 2. The second-order valence-corrected chi connectivity index (χ2v) is 8.57. The number of carboxylic acids is 1. The van der Waals surface area contributed by atoms with Crippen molar-refractivity contribution in [1.29, 1.82) is 0 Å². The Hall–Kier alpha value is -3.41. The second kappa shape index (κ2) is 8.26. The van der Waals surface area contributed by atoms with Gasteiger partial charge in [0.15, 0.2) is 0 Å². The van der Waals surface area contributed by atoms with Crippen molar-refractivity contribution in [3.8, 4) is 5.88 Å². The third-order valence-electron chi connectivity index (χ3n) is 6.57. The van der Waals surface area contributed by atoms with Crippen LogP contribution in [0, 0.1) is 12.7 Å². The molecule has 0 atom stereocenters. The Balaban J connectivity index is 1.36. The number of pyridine rings is 1. The predicted octanol–water partition coefficient (Wildman–Crippen LogP) is 5.83. The molecule has 0 radical (unpaired) electrons. The standard InChI is InChI=1S/C26H25FN2O3/c1-16-26(21-14-19(27)9-12-23(21)29(16)15-25(30)31)18-6-10-20(11-7-18)32-24-13-8-17-4-2-3-5-22(17)28-24/h2-5,8-9,12-14,18,20H,6-7,10-11,15H2,1H3,(H,30,31). The first kappa shape index (κ1) is 20.5. The van der Waals surface area contributed by atoms with Crippen LogP contribution in [0.5, 0.6) is 5.88 Å². The zero-order valence-corrected chi connectivity index (χ0v) is 17.9. The van der Waals surface area contributed by atoms with Gasteiger partial charge in [-0.3, -0.25) is 4.79 Å². The zero-order chi connectivity index (χ0) is 22.2. The van der Waals surface area contributed by atoms with Crippen LogP contribution in [0.25, 0.3) is 21.8 Å². The Morgan fingerprint density at radius 3 is 2.69 bits per heavy atom. The van der Waals surface area contributed by atoms with Crippen LogP contribution < -0.4 is 4.74 Å². The maximum absolute atomic E-state index is 14.1. The van der Waals surface area contributed by atoms with E-state index >= 15 is 0 Å². The molecule has 4 aromatic rings. The van der Waals surface area contributed by atoms with Crippen molar-refractivity contribution in [3.05, 3.63) is 71.7 Å². The van der Waals surface area contributed by atoms with E-state index in [-0.39, 0.29) is 24.4 Å². The lowest BCUT2D eigenvalue weighted by Gasteiger charge is -2.29. The van der Waals surface area contributed by atoms with Crippen LogP contribution >= 0.6 is 0 Å². The van der Waals surface area contributed by atoms with Crippen LogP contribution in [0.15, 0.2) is 54.6 Å². The summed E-state index contributed by atoms with van der Waals surface area (Å²) in [4.78, 5) is 16.0. The molecule has 0 amide bonds. The third kappa shape index (κ3) is 3.81. The third-order valence-corrected chi connectivity index (χ3v) is 6.57. The van der Waals surface area contributed by atoms with Gasteiger partial charge in [0, 0.05) is 28.0 Å². The van der Waals surface area contributed by atoms with Crippen molar-refractivity contribution >= 4 is 27.8 Å². The van der Waals surface area contributed by atoms with Crippen molar-refractivity contribution in [2.75, 3.05) is 0 Å². The normalized spacial score (nSPS) is 18.8. The molecule has 5 rings (SSSR count). The predicted molar refractivity (Wildman–Crippen MR) is 122 cm³/mol. The largest absolute Gasteiger partial charge is 0.480 e. The summed E-state index contributed by atoms with van der Waals surface area (Å²) < 4.78 is 22.0. The highest BCUT2D eigenvalue weighted by Crippen LogP contribution is 2.41. The zero-order valence-electron chi connectivity index (χ0n) is 17.9. The van der Waals surface area contributed by atoms with Gasteiger partial charge in [0.1, 0.15) is 18.5 Å². The van der Waals surface area contributed by atoms with E-state index in [1.54, 1.807) is 10.6 Å². The van der Waals surface area contributed by atoms with Gasteiger partial charge in [-0.1, -0.05) is 18.2 Å². The number of halogens is 1. The lowest BCUT2D eigenvalue weighted by molar-refractivity contribution is -0.137. The van der Waals surface area contributed by atoms with Crippen molar-refractivity contribution in [1.82, 2.24) is 9.55 Å². The molecule has 1 aliphatic rings. The molecule has 1 aliphatic carbocycles. The number of aliphatic carboxylic acids is 1. The number of ether oxygens (including phenoxy) is 1. The second-order valence-electron chi connectivity index (χ2n) is 8.57. The van der Waals surface area contributed by atoms with E-state index in [9.17, 15) is 14.3 Å². The van der Waals surface area contributed by atoms with Crippen LogP contribution in [0.2, 0.25) is 0 Å². The molecule has 1 saturated carbocycles. The molecule has 1 fully saturated rings. The number of carbonyl (C=O) groups is 1. The van der Waals surface area contributed by atoms with Gasteiger partial charge in [0.2, 0.25) is 5.88 Å². The highest BCUT2D eigenvalue weighted by atomic mass is 19.1. The fraction of sp³-hybridized carbons (Fsp3) is 0.308. The fourth-order valence-corrected chi connectivity index (χ4v) is 5.09. The van der Waals surface area contributed by atoms with Crippen molar-refractivity contribution in [2.24, 2.45) is 0 Å². The maximum Gasteiger partial charge on any atom is 0.323 e. The summed E-state index contributed by atoms with van der Waals surface area (Å²) in [6.45, 7) is 1.82. The molecule has 0 aliphatic heterocycles. The molecule has 2 heterocycles. The summed E-state index contributed by atoms with van der Waals surface area (Å²) in [7, 11) is 0. The minimum atomic E-state index is -0.902. The van der Waals surface area contributed by atoms with Crippen LogP contribution in [-0.4, -0.2) is 26.7 Å². The molecule has 0 spiro atoms. The first-order valence-corrected chi connectivity index (χ1v) is 11.0. The van der Waals surface area contributed by atoms with Gasteiger partial charge in [-0.05, 0) is 74.4 Å². The molecule has 0 unspecified atom stereocenters. The number of hydrogen-bond donors (Lipinski definition) is 1. The lowest BCUT2D eigenvalue weighted by atomic mass is 9.81. The molecular weight excluding hydrogens is 407 g/mol. The van der Waals surface area contributed by atoms with Gasteiger partial charge >= 0.3 is 5.97 Å². The molecule has 1 N–H and O–H groups in total. The highest BCUT2D eigenvalue weighted by Gasteiger charge is 2.28. The van der Waals surface area contributed by atoms with E-state index in [1.807, 2.05) is 43.3 Å². The van der Waals surface area contributed by atoms with E-state index in [4.69, 9.17) is 4.74 Å². The van der Waals surface area contributed by atoms with Crippen LogP contribution in [0.1, 0.15) is 42.9 Å². The quantitative estimate of drug-likeness (QED) is 0.431. The minimum absolute atomic E-state index is 0.0873. The number of rotatable bonds is 5. The topological polar surface area (TPSA) is 64.4 Å². The number of carboxylic acid groups (broad SMARTS) is 1. The molecule has 5 nitrogen and oxygen atoms in total. The van der Waals surface area contributed by atoms with E-state index in [2.05, 4.69) is 4.98 Å². The molecule has 2 aromatic carbocycles. The van der Waals surface area contributed by atoms with Crippen LogP contribution in [-0.2, 0) is 11.3 Å². The number of para-hydroxylation sites is 1.